The van der Waals surface area contributed by atoms with Crippen molar-refractivity contribution in [3.63, 3.8) is 0 Å². The van der Waals surface area contributed by atoms with Crippen LogP contribution in [-0.4, -0.2) is 87.3 Å². The van der Waals surface area contributed by atoms with Crippen molar-refractivity contribution in [2.24, 2.45) is 11.8 Å². The third-order valence-corrected chi connectivity index (χ3v) is 5.95. The van der Waals surface area contributed by atoms with Gasteiger partial charge in [-0.1, -0.05) is 6.08 Å². The second-order valence-electron chi connectivity index (χ2n) is 9.00. The van der Waals surface area contributed by atoms with Crippen LogP contribution in [-0.2, 0) is 9.59 Å². The molecule has 0 saturated carbocycles. The number of likely N-dealkylation sites (tertiary alicyclic amines) is 1. The number of rotatable bonds is 9. The van der Waals surface area contributed by atoms with E-state index in [4.69, 9.17) is 0 Å². The maximum Gasteiger partial charge on any atom is 0.416 e. The Labute approximate surface area is 195 Å². The van der Waals surface area contributed by atoms with Gasteiger partial charge in [-0.3, -0.25) is 9.59 Å². The standard InChI is InChI=1S/C22H32F6N4O2/c1-31(2)7-3-6-29-14-19(33)32-8-4-15(5-9-32)13-30-20(34)16-10-17(21(23,24)25)12-18(11-16)22(26,27)28/h10,12,15-16,29H,3-9,11,13-14H2,1-2H3,(H,30,34). The molecule has 0 aromatic rings. The molecule has 0 spiro atoms. The molecule has 2 aliphatic rings. The Hall–Kier alpha value is -2.08. The molecule has 6 nitrogen and oxygen atoms in total. The molecule has 1 heterocycles. The number of piperidine rings is 1. The van der Waals surface area contributed by atoms with Gasteiger partial charge in [0, 0.05) is 25.2 Å². The van der Waals surface area contributed by atoms with Gasteiger partial charge in [0.25, 0.3) is 0 Å². The second kappa shape index (κ2) is 12.1. The lowest BCUT2D eigenvalue weighted by atomic mass is 9.88. The summed E-state index contributed by atoms with van der Waals surface area (Å²) in [6.45, 7) is 2.99. The third kappa shape index (κ3) is 8.94. The molecule has 34 heavy (non-hydrogen) atoms. The number of carbonyl (C=O) groups is 2. The molecule has 194 valence electrons. The van der Waals surface area contributed by atoms with Crippen LogP contribution in [0.4, 0.5) is 26.3 Å². The zero-order valence-electron chi connectivity index (χ0n) is 19.4. The van der Waals surface area contributed by atoms with Gasteiger partial charge >= 0.3 is 12.4 Å². The number of nitrogens with one attached hydrogen (secondary N) is 2. The van der Waals surface area contributed by atoms with Crippen molar-refractivity contribution in [1.29, 1.82) is 0 Å². The van der Waals surface area contributed by atoms with Crippen LogP contribution >= 0.6 is 0 Å². The average Bonchev–Trinajstić information content (AvgIpc) is 2.75. The van der Waals surface area contributed by atoms with E-state index in [-0.39, 0.29) is 31.0 Å². The number of halogens is 6. The lowest BCUT2D eigenvalue weighted by Crippen LogP contribution is -2.45. The predicted molar refractivity (Wildman–Crippen MR) is 115 cm³/mol. The summed E-state index contributed by atoms with van der Waals surface area (Å²) >= 11 is 0. The molecule has 0 bridgehead atoms. The minimum atomic E-state index is -4.98. The van der Waals surface area contributed by atoms with Gasteiger partial charge in [0.1, 0.15) is 0 Å². The summed E-state index contributed by atoms with van der Waals surface area (Å²) in [5.74, 6) is -2.44. The van der Waals surface area contributed by atoms with Crippen molar-refractivity contribution in [3.05, 3.63) is 23.3 Å². The lowest BCUT2D eigenvalue weighted by molar-refractivity contribution is -0.132. The third-order valence-electron chi connectivity index (χ3n) is 5.95. The quantitative estimate of drug-likeness (QED) is 0.379. The molecule has 1 saturated heterocycles. The van der Waals surface area contributed by atoms with E-state index >= 15 is 0 Å². The molecule has 2 amide bonds. The number of allylic oxidation sites excluding steroid dienone is 3. The largest absolute Gasteiger partial charge is 0.416 e. The number of alkyl halides is 6. The average molecular weight is 499 g/mol. The molecule has 1 aliphatic carbocycles. The molecule has 1 fully saturated rings. The summed E-state index contributed by atoms with van der Waals surface area (Å²) in [6.07, 6.45) is -8.03. The van der Waals surface area contributed by atoms with Crippen molar-refractivity contribution in [2.75, 3.05) is 53.4 Å². The monoisotopic (exact) mass is 498 g/mol. The summed E-state index contributed by atoms with van der Waals surface area (Å²) in [7, 11) is 3.94. The highest BCUT2D eigenvalue weighted by Gasteiger charge is 2.43. The zero-order chi connectivity index (χ0) is 25.5. The molecule has 0 aromatic heterocycles. The van der Waals surface area contributed by atoms with E-state index in [1.165, 1.54) is 0 Å². The molecular weight excluding hydrogens is 466 g/mol. The number of amides is 2. The summed E-state index contributed by atoms with van der Waals surface area (Å²) in [5.41, 5.74) is -2.84. The molecule has 1 aliphatic heterocycles. The fourth-order valence-corrected chi connectivity index (χ4v) is 3.94. The van der Waals surface area contributed by atoms with Crippen LogP contribution in [0.3, 0.4) is 0 Å². The minimum Gasteiger partial charge on any atom is -0.355 e. The van der Waals surface area contributed by atoms with Gasteiger partial charge in [-0.25, -0.2) is 0 Å². The maximum absolute atomic E-state index is 13.0. The Morgan fingerprint density at radius 1 is 1.09 bits per heavy atom. The highest BCUT2D eigenvalue weighted by Crippen LogP contribution is 2.40. The highest BCUT2D eigenvalue weighted by atomic mass is 19.4. The normalized spacial score (nSPS) is 20.3. The lowest BCUT2D eigenvalue weighted by Gasteiger charge is -2.32. The van der Waals surface area contributed by atoms with Gasteiger partial charge in [0.05, 0.1) is 18.0 Å². The van der Waals surface area contributed by atoms with Crippen molar-refractivity contribution in [1.82, 2.24) is 20.4 Å². The minimum absolute atomic E-state index is 0.00617. The van der Waals surface area contributed by atoms with Crippen LogP contribution in [0.5, 0.6) is 0 Å². The van der Waals surface area contributed by atoms with E-state index in [0.717, 1.165) is 19.5 Å². The number of hydrogen-bond donors (Lipinski definition) is 2. The topological polar surface area (TPSA) is 64.7 Å². The van der Waals surface area contributed by atoms with E-state index in [9.17, 15) is 35.9 Å². The Bertz CT molecular complexity index is 768. The van der Waals surface area contributed by atoms with Crippen LogP contribution in [0.25, 0.3) is 0 Å². The summed E-state index contributed by atoms with van der Waals surface area (Å²) in [4.78, 5) is 28.4. The van der Waals surface area contributed by atoms with Gasteiger partial charge < -0.3 is 20.4 Å². The Kier molecular flexibility index (Phi) is 9.98. The Morgan fingerprint density at radius 3 is 2.29 bits per heavy atom. The van der Waals surface area contributed by atoms with E-state index < -0.39 is 41.7 Å². The molecule has 1 unspecified atom stereocenters. The SMILES string of the molecule is CN(C)CCCNCC(=O)N1CCC(CNC(=O)C2C=C(C(F)(F)F)C=C(C(F)(F)F)C2)CC1. The molecule has 0 radical (unpaired) electrons. The van der Waals surface area contributed by atoms with Crippen molar-refractivity contribution in [3.8, 4) is 0 Å². The van der Waals surface area contributed by atoms with Crippen molar-refractivity contribution in [2.45, 2.75) is 38.0 Å². The Balaban J connectivity index is 1.78. The second-order valence-corrected chi connectivity index (χ2v) is 9.00. The van der Waals surface area contributed by atoms with Gasteiger partial charge in [0.2, 0.25) is 11.8 Å². The van der Waals surface area contributed by atoms with Gasteiger partial charge in [-0.05, 0) is 64.9 Å². The van der Waals surface area contributed by atoms with Gasteiger partial charge in [-0.2, -0.15) is 26.3 Å². The van der Waals surface area contributed by atoms with Crippen molar-refractivity contribution >= 4 is 11.8 Å². The number of hydrogen-bond acceptors (Lipinski definition) is 4. The molecule has 1 atom stereocenters. The highest BCUT2D eigenvalue weighted by molar-refractivity contribution is 5.81. The first-order valence-corrected chi connectivity index (χ1v) is 11.2. The van der Waals surface area contributed by atoms with Crippen LogP contribution in [0.2, 0.25) is 0 Å². The summed E-state index contributed by atoms with van der Waals surface area (Å²) in [6, 6.07) is 0. The Morgan fingerprint density at radius 2 is 1.74 bits per heavy atom. The van der Waals surface area contributed by atoms with E-state index in [0.29, 0.717) is 32.0 Å². The van der Waals surface area contributed by atoms with Gasteiger partial charge in [0.15, 0.2) is 0 Å². The first-order valence-electron chi connectivity index (χ1n) is 11.2. The van der Waals surface area contributed by atoms with Crippen LogP contribution < -0.4 is 10.6 Å². The number of carbonyl (C=O) groups excluding carboxylic acids is 2. The fraction of sp³-hybridized carbons (Fsp3) is 0.727. The van der Waals surface area contributed by atoms with Gasteiger partial charge in [-0.15, -0.1) is 0 Å². The summed E-state index contributed by atoms with van der Waals surface area (Å²) in [5, 5.41) is 5.61. The molecule has 2 N–H and O–H groups in total. The molecular formula is C22H32F6N4O2. The maximum atomic E-state index is 13.0. The smallest absolute Gasteiger partial charge is 0.355 e. The zero-order valence-corrected chi connectivity index (χ0v) is 19.4. The van der Waals surface area contributed by atoms with E-state index in [2.05, 4.69) is 15.5 Å². The molecule has 0 aromatic carbocycles. The van der Waals surface area contributed by atoms with Crippen LogP contribution in [0.1, 0.15) is 25.7 Å². The van der Waals surface area contributed by atoms with E-state index in [1.54, 1.807) is 4.90 Å². The first kappa shape index (κ1) is 28.2. The van der Waals surface area contributed by atoms with Crippen molar-refractivity contribution < 1.29 is 35.9 Å². The van der Waals surface area contributed by atoms with Crippen LogP contribution in [0, 0.1) is 11.8 Å². The fourth-order valence-electron chi connectivity index (χ4n) is 3.94. The first-order chi connectivity index (χ1) is 15.8. The van der Waals surface area contributed by atoms with Crippen LogP contribution in [0.15, 0.2) is 23.3 Å². The molecule has 12 heteroatoms. The number of nitrogens with zero attached hydrogens (tertiary/aromatic N) is 2. The predicted octanol–water partition coefficient (Wildman–Crippen LogP) is 2.88. The summed E-state index contributed by atoms with van der Waals surface area (Å²) < 4.78 is 78.1. The van der Waals surface area contributed by atoms with E-state index in [1.807, 2.05) is 14.1 Å². The molecule has 2 rings (SSSR count).